The van der Waals surface area contributed by atoms with Gasteiger partial charge in [-0.1, -0.05) is 0 Å². The number of rotatable bonds is 5. The molecule has 0 fully saturated rings. The van der Waals surface area contributed by atoms with Crippen molar-refractivity contribution in [1.82, 2.24) is 9.55 Å². The van der Waals surface area contributed by atoms with Gasteiger partial charge < -0.3 is 15.2 Å². The Balaban J connectivity index is 2.98. The topological polar surface area (TPSA) is 111 Å². The minimum Gasteiger partial charge on any atom is -0.481 e. The molecule has 1 aromatic heterocycles. The standard InChI is InChI=1S/C12H17N3O5/c1-12(2,3)20-11(19)15-6-8(13-7-16)14-9(15)4-5-10(17)18/h6-7H,4-5H2,1-3H3,(H,13,16)(H,17,18). The Morgan fingerprint density at radius 2 is 2.15 bits per heavy atom. The number of anilines is 1. The van der Waals surface area contributed by atoms with Crippen molar-refractivity contribution in [2.24, 2.45) is 0 Å². The Hall–Kier alpha value is -2.38. The van der Waals surface area contributed by atoms with Crippen LogP contribution >= 0.6 is 0 Å². The number of nitrogens with one attached hydrogen (secondary N) is 1. The van der Waals surface area contributed by atoms with E-state index in [1.807, 2.05) is 0 Å². The number of aryl methyl sites for hydroxylation is 1. The highest BCUT2D eigenvalue weighted by molar-refractivity contribution is 5.75. The van der Waals surface area contributed by atoms with Gasteiger partial charge in [0.05, 0.1) is 12.6 Å². The first-order valence-electron chi connectivity index (χ1n) is 5.96. The fourth-order valence-electron chi connectivity index (χ4n) is 1.41. The monoisotopic (exact) mass is 283 g/mol. The number of nitrogens with zero attached hydrogens (tertiary/aromatic N) is 2. The van der Waals surface area contributed by atoms with Crippen LogP contribution in [0.5, 0.6) is 0 Å². The van der Waals surface area contributed by atoms with E-state index in [1.165, 1.54) is 6.20 Å². The number of imidazole rings is 1. The van der Waals surface area contributed by atoms with Gasteiger partial charge in [0, 0.05) is 6.42 Å². The van der Waals surface area contributed by atoms with E-state index in [0.717, 1.165) is 4.57 Å². The van der Waals surface area contributed by atoms with Crippen molar-refractivity contribution in [2.75, 3.05) is 5.32 Å². The molecule has 0 spiro atoms. The number of hydrogen-bond acceptors (Lipinski definition) is 5. The third kappa shape index (κ3) is 4.71. The van der Waals surface area contributed by atoms with Crippen LogP contribution < -0.4 is 5.32 Å². The molecule has 1 aromatic rings. The van der Waals surface area contributed by atoms with Crippen molar-refractivity contribution in [3.05, 3.63) is 12.0 Å². The fourth-order valence-corrected chi connectivity index (χ4v) is 1.41. The maximum atomic E-state index is 12.0. The van der Waals surface area contributed by atoms with Gasteiger partial charge in [0.15, 0.2) is 5.82 Å². The first-order valence-corrected chi connectivity index (χ1v) is 5.96. The summed E-state index contributed by atoms with van der Waals surface area (Å²) in [5.74, 6) is -0.633. The Kier molecular flexibility index (Phi) is 4.84. The molecule has 0 saturated carbocycles. The molecule has 1 amide bonds. The van der Waals surface area contributed by atoms with Crippen molar-refractivity contribution in [3.63, 3.8) is 0 Å². The quantitative estimate of drug-likeness (QED) is 0.787. The first kappa shape index (κ1) is 15.7. The lowest BCUT2D eigenvalue weighted by Crippen LogP contribution is -2.28. The van der Waals surface area contributed by atoms with E-state index in [9.17, 15) is 14.4 Å². The Morgan fingerprint density at radius 1 is 1.50 bits per heavy atom. The molecule has 0 saturated heterocycles. The first-order chi connectivity index (χ1) is 9.23. The van der Waals surface area contributed by atoms with Gasteiger partial charge in [0.2, 0.25) is 6.41 Å². The number of hydrogen-bond donors (Lipinski definition) is 2. The lowest BCUT2D eigenvalue weighted by atomic mass is 10.2. The predicted molar refractivity (Wildman–Crippen MR) is 69.5 cm³/mol. The fraction of sp³-hybridized carbons (Fsp3) is 0.500. The van der Waals surface area contributed by atoms with Crippen molar-refractivity contribution in [3.8, 4) is 0 Å². The van der Waals surface area contributed by atoms with Crippen molar-refractivity contribution < 1.29 is 24.2 Å². The number of carboxylic acid groups (broad SMARTS) is 1. The maximum absolute atomic E-state index is 12.0. The van der Waals surface area contributed by atoms with E-state index in [2.05, 4.69) is 10.3 Å². The SMILES string of the molecule is CC(C)(C)OC(=O)n1cc(NC=O)nc1CCC(=O)O. The van der Waals surface area contributed by atoms with Gasteiger partial charge in [0.1, 0.15) is 11.4 Å². The van der Waals surface area contributed by atoms with Gasteiger partial charge in [0.25, 0.3) is 0 Å². The average Bonchev–Trinajstić information content (AvgIpc) is 2.68. The molecule has 0 radical (unpaired) electrons. The van der Waals surface area contributed by atoms with Crippen molar-refractivity contribution in [1.29, 1.82) is 0 Å². The molecule has 20 heavy (non-hydrogen) atoms. The minimum absolute atomic E-state index is 0.0507. The second-order valence-corrected chi connectivity index (χ2v) is 5.05. The molecule has 1 rings (SSSR count). The summed E-state index contributed by atoms with van der Waals surface area (Å²) < 4.78 is 6.28. The molecular formula is C12H17N3O5. The van der Waals surface area contributed by atoms with Crippen LogP contribution in [0, 0.1) is 0 Å². The lowest BCUT2D eigenvalue weighted by Gasteiger charge is -2.19. The van der Waals surface area contributed by atoms with Crippen LogP contribution in [0.15, 0.2) is 6.20 Å². The summed E-state index contributed by atoms with van der Waals surface area (Å²) in [6, 6.07) is 0. The van der Waals surface area contributed by atoms with Crippen LogP contribution in [-0.2, 0) is 20.7 Å². The summed E-state index contributed by atoms with van der Waals surface area (Å²) in [4.78, 5) is 36.9. The zero-order chi connectivity index (χ0) is 15.3. The lowest BCUT2D eigenvalue weighted by molar-refractivity contribution is -0.137. The molecule has 110 valence electrons. The number of aliphatic carboxylic acids is 1. The van der Waals surface area contributed by atoms with Crippen LogP contribution in [0.1, 0.15) is 33.0 Å². The van der Waals surface area contributed by atoms with Gasteiger partial charge >= 0.3 is 12.1 Å². The molecule has 8 heteroatoms. The molecule has 0 aliphatic rings. The summed E-state index contributed by atoms with van der Waals surface area (Å²) in [7, 11) is 0. The van der Waals surface area contributed by atoms with Crippen LogP contribution in [0.3, 0.4) is 0 Å². The van der Waals surface area contributed by atoms with Gasteiger partial charge in [-0.2, -0.15) is 0 Å². The van der Waals surface area contributed by atoms with Crippen LogP contribution in [0.2, 0.25) is 0 Å². The third-order valence-electron chi connectivity index (χ3n) is 2.14. The third-order valence-corrected chi connectivity index (χ3v) is 2.14. The van der Waals surface area contributed by atoms with Crippen molar-refractivity contribution >= 4 is 24.3 Å². The van der Waals surface area contributed by atoms with E-state index in [0.29, 0.717) is 6.41 Å². The molecule has 2 N–H and O–H groups in total. The van der Waals surface area contributed by atoms with E-state index in [1.54, 1.807) is 20.8 Å². The summed E-state index contributed by atoms with van der Waals surface area (Å²) in [5.41, 5.74) is -0.691. The van der Waals surface area contributed by atoms with Gasteiger partial charge in [-0.25, -0.2) is 14.3 Å². The van der Waals surface area contributed by atoms with Crippen LogP contribution in [0.4, 0.5) is 10.6 Å². The van der Waals surface area contributed by atoms with E-state index >= 15 is 0 Å². The highest BCUT2D eigenvalue weighted by Gasteiger charge is 2.21. The normalized spacial score (nSPS) is 10.9. The van der Waals surface area contributed by atoms with Crippen molar-refractivity contribution in [2.45, 2.75) is 39.2 Å². The summed E-state index contributed by atoms with van der Waals surface area (Å²) in [5, 5.41) is 11.0. The largest absolute Gasteiger partial charge is 0.481 e. The highest BCUT2D eigenvalue weighted by Crippen LogP contribution is 2.14. The van der Waals surface area contributed by atoms with Crippen LogP contribution in [0.25, 0.3) is 0 Å². The Morgan fingerprint density at radius 3 is 2.65 bits per heavy atom. The Bertz CT molecular complexity index is 516. The van der Waals surface area contributed by atoms with Gasteiger partial charge in [-0.3, -0.25) is 9.59 Å². The number of carbonyl (C=O) groups excluding carboxylic acids is 2. The molecule has 1 heterocycles. The van der Waals surface area contributed by atoms with E-state index in [4.69, 9.17) is 9.84 Å². The zero-order valence-electron chi connectivity index (χ0n) is 11.5. The molecule has 0 unspecified atom stereocenters. The molecule has 0 aliphatic carbocycles. The van der Waals surface area contributed by atoms with Crippen LogP contribution in [-0.4, -0.2) is 38.7 Å². The molecule has 0 bridgehead atoms. The maximum Gasteiger partial charge on any atom is 0.420 e. The summed E-state index contributed by atoms with van der Waals surface area (Å²) in [6.07, 6.45) is 0.905. The smallest absolute Gasteiger partial charge is 0.420 e. The number of amides is 1. The van der Waals surface area contributed by atoms with Gasteiger partial charge in [-0.05, 0) is 20.8 Å². The molecular weight excluding hydrogens is 266 g/mol. The number of ether oxygens (including phenoxy) is 1. The highest BCUT2D eigenvalue weighted by atomic mass is 16.6. The predicted octanol–water partition coefficient (Wildman–Crippen LogP) is 1.25. The van der Waals surface area contributed by atoms with E-state index in [-0.39, 0.29) is 24.5 Å². The number of carbonyl (C=O) groups is 3. The molecule has 0 aliphatic heterocycles. The number of carboxylic acids is 1. The molecule has 0 atom stereocenters. The molecule has 8 nitrogen and oxygen atoms in total. The van der Waals surface area contributed by atoms with E-state index < -0.39 is 17.7 Å². The second-order valence-electron chi connectivity index (χ2n) is 5.05. The Labute approximate surface area is 115 Å². The summed E-state index contributed by atoms with van der Waals surface area (Å²) >= 11 is 0. The number of aromatic nitrogens is 2. The van der Waals surface area contributed by atoms with Gasteiger partial charge in [-0.15, -0.1) is 0 Å². The summed E-state index contributed by atoms with van der Waals surface area (Å²) in [6.45, 7) is 5.13. The molecule has 0 aromatic carbocycles. The zero-order valence-corrected chi connectivity index (χ0v) is 11.5. The minimum atomic E-state index is -1.01. The second kappa shape index (κ2) is 6.18. The average molecular weight is 283 g/mol.